The lowest BCUT2D eigenvalue weighted by atomic mass is 10.2. The highest BCUT2D eigenvalue weighted by Crippen LogP contribution is 2.30. The smallest absolute Gasteiger partial charge is 0.237 e. The first kappa shape index (κ1) is 20.7. The van der Waals surface area contributed by atoms with Crippen molar-refractivity contribution in [3.05, 3.63) is 48.4 Å². The van der Waals surface area contributed by atoms with E-state index in [0.717, 1.165) is 47.8 Å². The van der Waals surface area contributed by atoms with Gasteiger partial charge in [0.1, 0.15) is 5.76 Å². The summed E-state index contributed by atoms with van der Waals surface area (Å²) < 4.78 is 11.4. The summed E-state index contributed by atoms with van der Waals surface area (Å²) in [6.07, 6.45) is 1.63. The molecule has 1 amide bonds. The number of morpholine rings is 1. The Kier molecular flexibility index (Phi) is 6.88. The van der Waals surface area contributed by atoms with E-state index in [0.29, 0.717) is 11.7 Å². The van der Waals surface area contributed by atoms with Gasteiger partial charge in [-0.15, -0.1) is 10.2 Å². The minimum atomic E-state index is -0.296. The summed E-state index contributed by atoms with van der Waals surface area (Å²) in [7, 11) is 0. The molecule has 1 saturated heterocycles. The number of nitrogens with zero attached hydrogens (tertiary/aromatic N) is 3. The van der Waals surface area contributed by atoms with Crippen LogP contribution in [0, 0.1) is 0 Å². The van der Waals surface area contributed by atoms with Crippen LogP contribution >= 0.6 is 23.1 Å². The van der Waals surface area contributed by atoms with E-state index in [4.69, 9.17) is 9.15 Å². The highest BCUT2D eigenvalue weighted by molar-refractivity contribution is 8.02. The van der Waals surface area contributed by atoms with Crippen LogP contribution in [-0.2, 0) is 16.1 Å². The number of hydrogen-bond donors (Lipinski definition) is 2. The number of hydrogen-bond acceptors (Lipinski definition) is 9. The average molecular weight is 446 g/mol. The molecule has 1 unspecified atom stereocenters. The van der Waals surface area contributed by atoms with Gasteiger partial charge in [-0.1, -0.05) is 23.1 Å². The van der Waals surface area contributed by atoms with Crippen LogP contribution in [0.4, 0.5) is 16.5 Å². The van der Waals surface area contributed by atoms with E-state index in [-0.39, 0.29) is 11.2 Å². The SMILES string of the molecule is CC(Sc1nnc(NCc2ccco2)s1)C(=O)Nc1ccc(N2CCOCC2)cc1. The molecule has 30 heavy (non-hydrogen) atoms. The van der Waals surface area contributed by atoms with Gasteiger partial charge in [0, 0.05) is 24.5 Å². The fourth-order valence-electron chi connectivity index (χ4n) is 2.93. The van der Waals surface area contributed by atoms with Crippen molar-refractivity contribution in [1.82, 2.24) is 10.2 Å². The van der Waals surface area contributed by atoms with Crippen LogP contribution < -0.4 is 15.5 Å². The van der Waals surface area contributed by atoms with E-state index in [9.17, 15) is 4.79 Å². The Bertz CT molecular complexity index is 940. The van der Waals surface area contributed by atoms with Crippen LogP contribution in [0.25, 0.3) is 0 Å². The Morgan fingerprint density at radius 1 is 1.23 bits per heavy atom. The molecule has 0 aliphatic carbocycles. The number of thioether (sulfide) groups is 1. The van der Waals surface area contributed by atoms with Crippen LogP contribution in [0.5, 0.6) is 0 Å². The Labute approximate surface area is 183 Å². The van der Waals surface area contributed by atoms with Crippen LogP contribution in [0.3, 0.4) is 0 Å². The number of rotatable bonds is 8. The maximum atomic E-state index is 12.6. The molecule has 1 atom stereocenters. The molecule has 0 bridgehead atoms. The molecule has 1 fully saturated rings. The molecule has 1 aliphatic heterocycles. The third-order valence-electron chi connectivity index (χ3n) is 4.56. The number of amides is 1. The van der Waals surface area contributed by atoms with Crippen molar-refractivity contribution in [2.45, 2.75) is 23.1 Å². The summed E-state index contributed by atoms with van der Waals surface area (Å²) in [5, 5.41) is 14.8. The van der Waals surface area contributed by atoms with Crippen LogP contribution in [0.2, 0.25) is 0 Å². The molecule has 0 saturated carbocycles. The van der Waals surface area contributed by atoms with Crippen molar-refractivity contribution in [1.29, 1.82) is 0 Å². The Morgan fingerprint density at radius 3 is 2.77 bits per heavy atom. The van der Waals surface area contributed by atoms with Gasteiger partial charge in [0.2, 0.25) is 11.0 Å². The number of carbonyl (C=O) groups excluding carboxylic acids is 1. The zero-order valence-corrected chi connectivity index (χ0v) is 18.2. The highest BCUT2D eigenvalue weighted by atomic mass is 32.2. The Balaban J connectivity index is 1.26. The van der Waals surface area contributed by atoms with E-state index in [1.54, 1.807) is 6.26 Å². The van der Waals surface area contributed by atoms with Gasteiger partial charge < -0.3 is 24.7 Å². The average Bonchev–Trinajstić information content (AvgIpc) is 3.45. The first-order valence-corrected chi connectivity index (χ1v) is 11.4. The molecule has 0 radical (unpaired) electrons. The van der Waals surface area contributed by atoms with Crippen LogP contribution in [0.1, 0.15) is 12.7 Å². The molecule has 158 valence electrons. The summed E-state index contributed by atoms with van der Waals surface area (Å²) in [5.41, 5.74) is 1.92. The van der Waals surface area contributed by atoms with Gasteiger partial charge in [-0.2, -0.15) is 0 Å². The third kappa shape index (κ3) is 5.53. The zero-order valence-electron chi connectivity index (χ0n) is 16.5. The fourth-order valence-corrected chi connectivity index (χ4v) is 4.82. The van der Waals surface area contributed by atoms with Gasteiger partial charge in [-0.05, 0) is 43.3 Å². The van der Waals surface area contributed by atoms with E-state index in [1.165, 1.54) is 23.1 Å². The molecule has 1 aliphatic rings. The van der Waals surface area contributed by atoms with Crippen molar-refractivity contribution >= 4 is 45.5 Å². The minimum absolute atomic E-state index is 0.0700. The second-order valence-electron chi connectivity index (χ2n) is 6.70. The molecule has 2 N–H and O–H groups in total. The van der Waals surface area contributed by atoms with Gasteiger partial charge in [-0.3, -0.25) is 4.79 Å². The molecule has 0 spiro atoms. The number of furan rings is 1. The number of benzene rings is 1. The zero-order chi connectivity index (χ0) is 20.8. The maximum Gasteiger partial charge on any atom is 0.237 e. The summed E-state index contributed by atoms with van der Waals surface area (Å²) in [6, 6.07) is 11.7. The lowest BCUT2D eigenvalue weighted by Gasteiger charge is -2.28. The first-order valence-electron chi connectivity index (χ1n) is 9.67. The summed E-state index contributed by atoms with van der Waals surface area (Å²) in [6.45, 7) is 5.68. The number of nitrogens with one attached hydrogen (secondary N) is 2. The normalized spacial score (nSPS) is 15.0. The van der Waals surface area contributed by atoms with Gasteiger partial charge in [0.15, 0.2) is 4.34 Å². The Hall–Kier alpha value is -2.56. The predicted octanol–water partition coefficient (Wildman–Crippen LogP) is 3.70. The molecule has 10 heteroatoms. The lowest BCUT2D eigenvalue weighted by Crippen LogP contribution is -2.36. The number of ether oxygens (including phenoxy) is 1. The molecule has 3 aromatic rings. The van der Waals surface area contributed by atoms with Crippen LogP contribution in [-0.4, -0.2) is 47.7 Å². The minimum Gasteiger partial charge on any atom is -0.467 e. The Morgan fingerprint density at radius 2 is 2.03 bits per heavy atom. The van der Waals surface area contributed by atoms with Crippen molar-refractivity contribution in [3.63, 3.8) is 0 Å². The number of carbonyl (C=O) groups is 1. The maximum absolute atomic E-state index is 12.6. The topological polar surface area (TPSA) is 92.5 Å². The fraction of sp³-hybridized carbons (Fsp3) is 0.350. The number of anilines is 3. The van der Waals surface area contributed by atoms with Crippen LogP contribution in [0.15, 0.2) is 51.4 Å². The predicted molar refractivity (Wildman–Crippen MR) is 119 cm³/mol. The van der Waals surface area contributed by atoms with Crippen molar-refractivity contribution in [3.8, 4) is 0 Å². The molecule has 1 aromatic carbocycles. The third-order valence-corrected chi connectivity index (χ3v) is 6.62. The van der Waals surface area contributed by atoms with Gasteiger partial charge in [-0.25, -0.2) is 0 Å². The van der Waals surface area contributed by atoms with E-state index in [2.05, 4.69) is 25.7 Å². The second-order valence-corrected chi connectivity index (χ2v) is 9.27. The summed E-state index contributed by atoms with van der Waals surface area (Å²) in [5.74, 6) is 0.756. The molecule has 2 aromatic heterocycles. The first-order chi connectivity index (χ1) is 14.7. The quantitative estimate of drug-likeness (QED) is 0.507. The lowest BCUT2D eigenvalue weighted by molar-refractivity contribution is -0.115. The largest absolute Gasteiger partial charge is 0.467 e. The van der Waals surface area contributed by atoms with Crippen molar-refractivity contribution in [2.75, 3.05) is 41.8 Å². The van der Waals surface area contributed by atoms with Crippen molar-refractivity contribution < 1.29 is 13.9 Å². The highest BCUT2D eigenvalue weighted by Gasteiger charge is 2.18. The standard InChI is InChI=1S/C20H23N5O3S2/c1-14(29-20-24-23-19(30-20)21-13-17-3-2-10-28-17)18(26)22-15-4-6-16(7-5-15)25-8-11-27-12-9-25/h2-7,10,14H,8-9,11-13H2,1H3,(H,21,23)(H,22,26). The molecule has 8 nitrogen and oxygen atoms in total. The summed E-state index contributed by atoms with van der Waals surface area (Å²) >= 11 is 2.81. The molecular formula is C20H23N5O3S2. The van der Waals surface area contributed by atoms with Gasteiger partial charge >= 0.3 is 0 Å². The molecule has 4 rings (SSSR count). The monoisotopic (exact) mass is 445 g/mol. The summed E-state index contributed by atoms with van der Waals surface area (Å²) in [4.78, 5) is 14.8. The molecule has 3 heterocycles. The van der Waals surface area contributed by atoms with Gasteiger partial charge in [0.25, 0.3) is 0 Å². The van der Waals surface area contributed by atoms with E-state index < -0.39 is 0 Å². The molecular weight excluding hydrogens is 422 g/mol. The van der Waals surface area contributed by atoms with Gasteiger partial charge in [0.05, 0.1) is 31.3 Å². The van der Waals surface area contributed by atoms with E-state index >= 15 is 0 Å². The second kappa shape index (κ2) is 9.96. The number of aromatic nitrogens is 2. The van der Waals surface area contributed by atoms with Crippen molar-refractivity contribution in [2.24, 2.45) is 0 Å². The van der Waals surface area contributed by atoms with E-state index in [1.807, 2.05) is 43.3 Å².